The molecular weight excluding hydrogens is 376 g/mol. The second-order valence-electron chi connectivity index (χ2n) is 7.16. The maximum atomic E-state index is 12.2. The van der Waals surface area contributed by atoms with Crippen molar-refractivity contribution in [2.75, 3.05) is 31.1 Å². The van der Waals surface area contributed by atoms with Gasteiger partial charge < -0.3 is 4.90 Å². The Labute approximate surface area is 166 Å². The van der Waals surface area contributed by atoms with Gasteiger partial charge in [-0.3, -0.25) is 10.0 Å². The number of benzene rings is 2. The van der Waals surface area contributed by atoms with E-state index < -0.39 is 21.7 Å². The summed E-state index contributed by atoms with van der Waals surface area (Å²) in [5.74, 6) is -0.500. The zero-order chi connectivity index (χ0) is 20.0. The molecule has 1 heterocycles. The number of amides is 1. The van der Waals surface area contributed by atoms with Gasteiger partial charge in [-0.2, -0.15) is 0 Å². The second-order valence-corrected chi connectivity index (χ2v) is 9.46. The van der Waals surface area contributed by atoms with Crippen molar-refractivity contribution in [2.24, 2.45) is 0 Å². The highest BCUT2D eigenvalue weighted by atomic mass is 32.2. The largest absolute Gasteiger partial charge is 0.301 e. The highest BCUT2D eigenvalue weighted by Crippen LogP contribution is 2.25. The number of sulfone groups is 1. The van der Waals surface area contributed by atoms with Crippen molar-refractivity contribution in [1.82, 2.24) is 10.4 Å². The maximum Gasteiger partial charge on any atom is 0.255 e. The maximum absolute atomic E-state index is 12.2. The molecule has 6 nitrogen and oxygen atoms in total. The Morgan fingerprint density at radius 2 is 1.61 bits per heavy atom. The topological polar surface area (TPSA) is 86.7 Å². The molecule has 1 amide bonds. The zero-order valence-electron chi connectivity index (χ0n) is 15.8. The molecular formula is C21H26N2O4S. The van der Waals surface area contributed by atoms with Crippen molar-refractivity contribution in [2.45, 2.75) is 18.8 Å². The number of carbonyl (C=O) groups excluding carboxylic acids is 1. The summed E-state index contributed by atoms with van der Waals surface area (Å²) in [6.07, 6.45) is 1.85. The van der Waals surface area contributed by atoms with E-state index in [0.29, 0.717) is 13.1 Å². The third-order valence-electron chi connectivity index (χ3n) is 5.20. The van der Waals surface area contributed by atoms with E-state index in [1.807, 2.05) is 54.6 Å². The van der Waals surface area contributed by atoms with Crippen LogP contribution in [0.3, 0.4) is 0 Å². The molecule has 0 aliphatic carbocycles. The highest BCUT2D eigenvalue weighted by Gasteiger charge is 2.22. The second kappa shape index (κ2) is 9.32. The predicted octanol–water partition coefficient (Wildman–Crippen LogP) is 1.99. The van der Waals surface area contributed by atoms with E-state index in [9.17, 15) is 13.2 Å². The monoisotopic (exact) mass is 402 g/mol. The quantitative estimate of drug-likeness (QED) is 0.546. The average Bonchev–Trinajstić information content (AvgIpc) is 2.71. The number of hydroxylamine groups is 1. The van der Waals surface area contributed by atoms with Crippen LogP contribution in [0.2, 0.25) is 0 Å². The Morgan fingerprint density at radius 3 is 2.21 bits per heavy atom. The number of nitrogens with zero attached hydrogens (tertiary/aromatic N) is 1. The van der Waals surface area contributed by atoms with Crippen LogP contribution in [0.15, 0.2) is 54.6 Å². The summed E-state index contributed by atoms with van der Waals surface area (Å²) in [4.78, 5) is 14.4. The normalized spacial score (nSPS) is 17.8. The summed E-state index contributed by atoms with van der Waals surface area (Å²) in [5.41, 5.74) is 4.58. The fourth-order valence-electron chi connectivity index (χ4n) is 3.56. The lowest BCUT2D eigenvalue weighted by molar-refractivity contribution is -0.129. The molecule has 1 saturated heterocycles. The summed E-state index contributed by atoms with van der Waals surface area (Å²) >= 11 is 0. The summed E-state index contributed by atoms with van der Waals surface area (Å²) in [7, 11) is -2.83. The molecule has 1 aliphatic rings. The van der Waals surface area contributed by atoms with Gasteiger partial charge in [-0.1, -0.05) is 54.6 Å². The van der Waals surface area contributed by atoms with Gasteiger partial charge in [-0.15, -0.1) is 0 Å². The molecule has 2 aromatic rings. The lowest BCUT2D eigenvalue weighted by Gasteiger charge is -2.26. The van der Waals surface area contributed by atoms with Crippen LogP contribution < -0.4 is 5.48 Å². The Hall–Kier alpha value is -2.22. The zero-order valence-corrected chi connectivity index (χ0v) is 16.6. The van der Waals surface area contributed by atoms with Gasteiger partial charge in [0.2, 0.25) is 0 Å². The lowest BCUT2D eigenvalue weighted by Crippen LogP contribution is -2.40. The molecule has 0 saturated carbocycles. The van der Waals surface area contributed by atoms with Gasteiger partial charge in [0.1, 0.15) is 0 Å². The SMILES string of the molecule is O=C(NO)C(c1ccccc1)c1ccc(CCCN2CCS(=O)(=O)CC2)cc1. The van der Waals surface area contributed by atoms with Gasteiger partial charge in [0.05, 0.1) is 17.4 Å². The van der Waals surface area contributed by atoms with Gasteiger partial charge in [0.15, 0.2) is 9.84 Å². The van der Waals surface area contributed by atoms with E-state index in [0.717, 1.165) is 30.5 Å². The smallest absolute Gasteiger partial charge is 0.255 e. The molecule has 150 valence electrons. The van der Waals surface area contributed by atoms with Crippen LogP contribution >= 0.6 is 0 Å². The molecule has 2 N–H and O–H groups in total. The van der Waals surface area contributed by atoms with Crippen LogP contribution in [0.5, 0.6) is 0 Å². The van der Waals surface area contributed by atoms with Crippen LogP contribution in [0.25, 0.3) is 0 Å². The Morgan fingerprint density at radius 1 is 1.00 bits per heavy atom. The number of nitrogens with one attached hydrogen (secondary N) is 1. The van der Waals surface area contributed by atoms with Crippen molar-refractivity contribution in [3.8, 4) is 0 Å². The molecule has 28 heavy (non-hydrogen) atoms. The fourth-order valence-corrected chi connectivity index (χ4v) is 4.84. The first-order chi connectivity index (χ1) is 13.5. The van der Waals surface area contributed by atoms with Crippen LogP contribution in [0.1, 0.15) is 29.0 Å². The van der Waals surface area contributed by atoms with E-state index >= 15 is 0 Å². The molecule has 0 radical (unpaired) electrons. The van der Waals surface area contributed by atoms with E-state index in [-0.39, 0.29) is 11.5 Å². The number of hydrogen-bond acceptors (Lipinski definition) is 5. The number of hydrogen-bond donors (Lipinski definition) is 2. The number of rotatable bonds is 7. The first-order valence-electron chi connectivity index (χ1n) is 9.49. The van der Waals surface area contributed by atoms with Gasteiger partial charge in [0.25, 0.3) is 5.91 Å². The molecule has 1 unspecified atom stereocenters. The Bertz CT molecular complexity index is 868. The molecule has 1 aliphatic heterocycles. The summed E-state index contributed by atoms with van der Waals surface area (Å²) in [6.45, 7) is 2.13. The minimum Gasteiger partial charge on any atom is -0.301 e. The van der Waals surface area contributed by atoms with Crippen molar-refractivity contribution < 1.29 is 18.4 Å². The molecule has 3 rings (SSSR count). The molecule has 1 fully saturated rings. The van der Waals surface area contributed by atoms with Gasteiger partial charge in [0, 0.05) is 13.1 Å². The van der Waals surface area contributed by atoms with E-state index in [1.54, 1.807) is 5.48 Å². The van der Waals surface area contributed by atoms with Gasteiger partial charge >= 0.3 is 0 Å². The first-order valence-corrected chi connectivity index (χ1v) is 11.3. The fraction of sp³-hybridized carbons (Fsp3) is 0.381. The van der Waals surface area contributed by atoms with Crippen LogP contribution in [-0.4, -0.2) is 55.6 Å². The Kier molecular flexibility index (Phi) is 6.83. The van der Waals surface area contributed by atoms with Crippen LogP contribution in [-0.2, 0) is 21.1 Å². The Balaban J connectivity index is 1.58. The van der Waals surface area contributed by atoms with Crippen molar-refractivity contribution in [3.63, 3.8) is 0 Å². The van der Waals surface area contributed by atoms with Crippen molar-refractivity contribution in [1.29, 1.82) is 0 Å². The molecule has 0 aromatic heterocycles. The predicted molar refractivity (Wildman–Crippen MR) is 108 cm³/mol. The molecule has 2 aromatic carbocycles. The minimum atomic E-state index is -2.83. The van der Waals surface area contributed by atoms with Gasteiger partial charge in [-0.05, 0) is 36.1 Å². The summed E-state index contributed by atoms with van der Waals surface area (Å²) in [5, 5.41) is 9.11. The van der Waals surface area contributed by atoms with Crippen molar-refractivity contribution in [3.05, 3.63) is 71.3 Å². The number of aryl methyl sites for hydroxylation is 1. The average molecular weight is 403 g/mol. The minimum absolute atomic E-state index is 0.259. The first kappa shape index (κ1) is 20.5. The lowest BCUT2D eigenvalue weighted by atomic mass is 9.90. The molecule has 0 spiro atoms. The standard InChI is InChI=1S/C21H26N2O4S/c24-21(22-25)20(18-6-2-1-3-7-18)19-10-8-17(9-11-19)5-4-12-23-13-15-28(26,27)16-14-23/h1-3,6-11,20,25H,4-5,12-16H2,(H,22,24). The van der Waals surface area contributed by atoms with E-state index in [1.165, 1.54) is 5.56 Å². The van der Waals surface area contributed by atoms with E-state index in [2.05, 4.69) is 4.90 Å². The van der Waals surface area contributed by atoms with Gasteiger partial charge in [-0.25, -0.2) is 13.9 Å². The molecule has 0 bridgehead atoms. The summed E-state index contributed by atoms with van der Waals surface area (Å²) < 4.78 is 23.0. The molecule has 1 atom stereocenters. The van der Waals surface area contributed by atoms with Crippen LogP contribution in [0, 0.1) is 0 Å². The van der Waals surface area contributed by atoms with E-state index in [4.69, 9.17) is 5.21 Å². The molecule has 7 heteroatoms. The van der Waals surface area contributed by atoms with Crippen molar-refractivity contribution >= 4 is 15.7 Å². The number of carbonyl (C=O) groups is 1. The van der Waals surface area contributed by atoms with Crippen LogP contribution in [0.4, 0.5) is 0 Å². The summed E-state index contributed by atoms with van der Waals surface area (Å²) in [6, 6.07) is 17.2. The highest BCUT2D eigenvalue weighted by molar-refractivity contribution is 7.91. The third kappa shape index (κ3) is 5.41. The third-order valence-corrected chi connectivity index (χ3v) is 6.80.